The molecule has 1 fully saturated rings. The van der Waals surface area contributed by atoms with Crippen LogP contribution in [0.2, 0.25) is 0 Å². The molecule has 1 aliphatic rings. The second-order valence-corrected chi connectivity index (χ2v) is 6.47. The molecule has 1 aromatic rings. The largest absolute Gasteiger partial charge is 0.508 e. The molecule has 0 saturated heterocycles. The zero-order valence-electron chi connectivity index (χ0n) is 10.8. The van der Waals surface area contributed by atoms with Crippen molar-refractivity contribution in [3.63, 3.8) is 0 Å². The molecule has 0 atom stereocenters. The van der Waals surface area contributed by atoms with Crippen LogP contribution in [0.5, 0.6) is 5.75 Å². The van der Waals surface area contributed by atoms with Crippen molar-refractivity contribution in [2.75, 3.05) is 0 Å². The summed E-state index contributed by atoms with van der Waals surface area (Å²) in [5.41, 5.74) is 0.576. The van der Waals surface area contributed by atoms with Gasteiger partial charge in [0, 0.05) is 9.89 Å². The normalized spacial score (nSPS) is 17.8. The number of aromatic hydroxyl groups is 1. The van der Waals surface area contributed by atoms with Crippen molar-refractivity contribution in [2.24, 2.45) is 0 Å². The van der Waals surface area contributed by atoms with E-state index in [4.69, 9.17) is 0 Å². The van der Waals surface area contributed by atoms with Crippen LogP contribution in [0.4, 0.5) is 13.2 Å². The number of phenolic OH excluding ortho intramolecular Hbond substituents is 1. The summed E-state index contributed by atoms with van der Waals surface area (Å²) >= 11 is 3.29. The van der Waals surface area contributed by atoms with Crippen LogP contribution in [0.15, 0.2) is 16.6 Å². The molecule has 1 aromatic carbocycles. The molecule has 1 N–H and O–H groups in total. The molecule has 0 aromatic heterocycles. The molecule has 0 aliphatic heterocycles. The Balaban J connectivity index is 2.43. The summed E-state index contributed by atoms with van der Waals surface area (Å²) in [6, 6.07) is 3.24. The van der Waals surface area contributed by atoms with Crippen LogP contribution in [0.1, 0.15) is 50.2 Å². The van der Waals surface area contributed by atoms with Crippen LogP contribution < -0.4 is 0 Å². The van der Waals surface area contributed by atoms with Crippen molar-refractivity contribution in [3.05, 3.63) is 27.7 Å². The lowest BCUT2D eigenvalue weighted by Gasteiger charge is -2.21. The second kappa shape index (κ2) is 4.69. The van der Waals surface area contributed by atoms with Crippen LogP contribution in [-0.4, -0.2) is 11.3 Å². The van der Waals surface area contributed by atoms with Gasteiger partial charge in [0.2, 0.25) is 0 Å². The van der Waals surface area contributed by atoms with Gasteiger partial charge in [0.1, 0.15) is 5.75 Å². The molecule has 0 spiro atoms. The molecule has 0 amide bonds. The molecule has 0 heterocycles. The van der Waals surface area contributed by atoms with Gasteiger partial charge in [-0.3, -0.25) is 0 Å². The van der Waals surface area contributed by atoms with Gasteiger partial charge in [0.05, 0.1) is 6.42 Å². The topological polar surface area (TPSA) is 20.2 Å². The monoisotopic (exact) mass is 336 g/mol. The van der Waals surface area contributed by atoms with E-state index in [9.17, 15) is 18.3 Å². The predicted octanol–water partition coefficient (Wildman–Crippen LogP) is 5.26. The van der Waals surface area contributed by atoms with Crippen LogP contribution >= 0.6 is 15.9 Å². The van der Waals surface area contributed by atoms with Gasteiger partial charge < -0.3 is 5.11 Å². The SMILES string of the molecule is CC(C)c1cc(C2(CC(F)(F)F)CC2)c(Br)cc1O. The molecule has 0 radical (unpaired) electrons. The van der Waals surface area contributed by atoms with Crippen molar-refractivity contribution in [1.29, 1.82) is 0 Å². The molecular weight excluding hydrogens is 321 g/mol. The number of phenols is 1. The number of hydrogen-bond donors (Lipinski definition) is 1. The molecule has 106 valence electrons. The van der Waals surface area contributed by atoms with E-state index < -0.39 is 18.0 Å². The van der Waals surface area contributed by atoms with E-state index in [0.29, 0.717) is 28.4 Å². The average molecular weight is 337 g/mol. The minimum atomic E-state index is -4.16. The Morgan fingerprint density at radius 2 is 1.89 bits per heavy atom. The standard InChI is InChI=1S/C14H16BrF3O/c1-8(2)9-5-10(11(15)6-12(9)19)13(3-4-13)7-14(16,17)18/h5-6,8,19H,3-4,7H2,1-2H3. The Bertz CT molecular complexity index is 490. The first-order valence-electron chi connectivity index (χ1n) is 6.24. The third-order valence-corrected chi connectivity index (χ3v) is 4.36. The number of benzene rings is 1. The highest BCUT2D eigenvalue weighted by molar-refractivity contribution is 9.10. The highest BCUT2D eigenvalue weighted by Crippen LogP contribution is 2.57. The van der Waals surface area contributed by atoms with E-state index in [-0.39, 0.29) is 11.7 Å². The van der Waals surface area contributed by atoms with E-state index in [1.807, 2.05) is 13.8 Å². The van der Waals surface area contributed by atoms with Crippen molar-refractivity contribution in [1.82, 2.24) is 0 Å². The Morgan fingerprint density at radius 3 is 2.32 bits per heavy atom. The first-order chi connectivity index (χ1) is 8.65. The predicted molar refractivity (Wildman–Crippen MR) is 71.5 cm³/mol. The number of halogens is 4. The zero-order valence-corrected chi connectivity index (χ0v) is 12.4. The summed E-state index contributed by atoms with van der Waals surface area (Å²) in [7, 11) is 0. The van der Waals surface area contributed by atoms with E-state index in [2.05, 4.69) is 15.9 Å². The fourth-order valence-electron chi connectivity index (χ4n) is 2.52. The lowest BCUT2D eigenvalue weighted by Crippen LogP contribution is -2.20. The first-order valence-corrected chi connectivity index (χ1v) is 7.03. The van der Waals surface area contributed by atoms with Gasteiger partial charge in [-0.25, -0.2) is 0 Å². The summed E-state index contributed by atoms with van der Waals surface area (Å²) in [5.74, 6) is 0.210. The van der Waals surface area contributed by atoms with Gasteiger partial charge in [0.15, 0.2) is 0 Å². The van der Waals surface area contributed by atoms with Crippen molar-refractivity contribution in [3.8, 4) is 5.75 Å². The molecule has 5 heteroatoms. The number of alkyl halides is 3. The fourth-order valence-corrected chi connectivity index (χ4v) is 3.28. The van der Waals surface area contributed by atoms with Crippen molar-refractivity contribution in [2.45, 2.75) is 50.6 Å². The highest BCUT2D eigenvalue weighted by Gasteiger charge is 2.52. The summed E-state index contributed by atoms with van der Waals surface area (Å²) in [6.07, 6.45) is -3.85. The van der Waals surface area contributed by atoms with Gasteiger partial charge in [-0.05, 0) is 36.0 Å². The summed E-state index contributed by atoms with van der Waals surface area (Å²) in [5, 5.41) is 9.85. The molecule has 0 unspecified atom stereocenters. The van der Waals surface area contributed by atoms with Crippen molar-refractivity contribution < 1.29 is 18.3 Å². The molecule has 1 nitrogen and oxygen atoms in total. The quantitative estimate of drug-likeness (QED) is 0.797. The molecule has 1 aliphatic carbocycles. The van der Waals surface area contributed by atoms with Crippen LogP contribution in [0.3, 0.4) is 0 Å². The third kappa shape index (κ3) is 3.07. The van der Waals surface area contributed by atoms with Crippen LogP contribution in [0.25, 0.3) is 0 Å². The molecule has 2 rings (SSSR count). The number of rotatable bonds is 3. The minimum absolute atomic E-state index is 0.0773. The minimum Gasteiger partial charge on any atom is -0.508 e. The van der Waals surface area contributed by atoms with Gasteiger partial charge in [-0.2, -0.15) is 13.2 Å². The van der Waals surface area contributed by atoms with E-state index >= 15 is 0 Å². The zero-order chi connectivity index (χ0) is 14.4. The summed E-state index contributed by atoms with van der Waals surface area (Å²) in [4.78, 5) is 0. The first kappa shape index (κ1) is 14.7. The second-order valence-electron chi connectivity index (χ2n) is 5.62. The Kier molecular flexibility index (Phi) is 3.62. The molecular formula is C14H16BrF3O. The van der Waals surface area contributed by atoms with E-state index in [0.717, 1.165) is 0 Å². The maximum atomic E-state index is 12.7. The Hall–Kier alpha value is -0.710. The third-order valence-electron chi connectivity index (χ3n) is 3.70. The van der Waals surface area contributed by atoms with Gasteiger partial charge in [0.25, 0.3) is 0 Å². The lowest BCUT2D eigenvalue weighted by molar-refractivity contribution is -0.141. The maximum absolute atomic E-state index is 12.7. The summed E-state index contributed by atoms with van der Waals surface area (Å²) < 4.78 is 38.6. The highest BCUT2D eigenvalue weighted by atomic mass is 79.9. The molecule has 19 heavy (non-hydrogen) atoms. The van der Waals surface area contributed by atoms with Gasteiger partial charge in [-0.15, -0.1) is 0 Å². The van der Waals surface area contributed by atoms with Crippen molar-refractivity contribution >= 4 is 15.9 Å². The van der Waals surface area contributed by atoms with Crippen LogP contribution in [0, 0.1) is 0 Å². The Morgan fingerprint density at radius 1 is 1.32 bits per heavy atom. The van der Waals surface area contributed by atoms with E-state index in [1.165, 1.54) is 6.07 Å². The number of hydrogen-bond acceptors (Lipinski definition) is 1. The van der Waals surface area contributed by atoms with Crippen LogP contribution in [-0.2, 0) is 5.41 Å². The van der Waals surface area contributed by atoms with Gasteiger partial charge in [-0.1, -0.05) is 35.8 Å². The van der Waals surface area contributed by atoms with Gasteiger partial charge >= 0.3 is 6.18 Å². The molecule has 0 bridgehead atoms. The average Bonchev–Trinajstić information content (AvgIpc) is 2.94. The lowest BCUT2D eigenvalue weighted by atomic mass is 9.88. The summed E-state index contributed by atoms with van der Waals surface area (Å²) in [6.45, 7) is 3.83. The maximum Gasteiger partial charge on any atom is 0.389 e. The Labute approximate surface area is 119 Å². The fraction of sp³-hybridized carbons (Fsp3) is 0.571. The smallest absolute Gasteiger partial charge is 0.389 e. The van der Waals surface area contributed by atoms with E-state index in [1.54, 1.807) is 6.07 Å². The molecule has 1 saturated carbocycles.